The number of aryl methyl sites for hydroxylation is 1. The summed E-state index contributed by atoms with van der Waals surface area (Å²) in [5.41, 5.74) is 2.50. The van der Waals surface area contributed by atoms with Crippen molar-refractivity contribution < 1.29 is 4.79 Å². The van der Waals surface area contributed by atoms with Crippen LogP contribution >= 0.6 is 0 Å². The van der Waals surface area contributed by atoms with E-state index in [2.05, 4.69) is 46.4 Å². The number of hydrogen-bond acceptors (Lipinski definition) is 3. The maximum Gasteiger partial charge on any atom is 0.223 e. The van der Waals surface area contributed by atoms with Crippen LogP contribution in [0.3, 0.4) is 0 Å². The van der Waals surface area contributed by atoms with E-state index in [1.165, 1.54) is 17.5 Å². The normalized spacial score (nSPS) is 18.8. The van der Waals surface area contributed by atoms with Gasteiger partial charge in [-0.15, -0.1) is 0 Å². The summed E-state index contributed by atoms with van der Waals surface area (Å²) in [4.78, 5) is 18.1. The zero-order valence-electron chi connectivity index (χ0n) is 11.5. The predicted molar refractivity (Wildman–Crippen MR) is 75.0 cm³/mol. The van der Waals surface area contributed by atoms with Crippen LogP contribution in [0.5, 0.6) is 0 Å². The molecule has 5 heteroatoms. The summed E-state index contributed by atoms with van der Waals surface area (Å²) in [6.45, 7) is 3.53. The molecule has 104 valence electrons. The van der Waals surface area contributed by atoms with Gasteiger partial charge in [-0.25, -0.2) is 4.98 Å². The first-order valence-corrected chi connectivity index (χ1v) is 6.97. The SMILES string of the molecule is CCc1ccc(CN2C[C@@H](c3ncn[nH]3)CC2=O)cc1. The Kier molecular flexibility index (Phi) is 3.50. The first kappa shape index (κ1) is 12.8. The fourth-order valence-corrected chi connectivity index (χ4v) is 2.62. The summed E-state index contributed by atoms with van der Waals surface area (Å²) < 4.78 is 0. The maximum atomic E-state index is 12.1. The minimum atomic E-state index is 0.139. The molecule has 2 aromatic rings. The Bertz CT molecular complexity index is 576. The lowest BCUT2D eigenvalue weighted by atomic mass is 10.1. The van der Waals surface area contributed by atoms with Gasteiger partial charge >= 0.3 is 0 Å². The topological polar surface area (TPSA) is 61.9 Å². The molecule has 1 saturated heterocycles. The summed E-state index contributed by atoms with van der Waals surface area (Å²) in [5.74, 6) is 1.13. The number of nitrogens with one attached hydrogen (secondary N) is 1. The number of carbonyl (C=O) groups is 1. The summed E-state index contributed by atoms with van der Waals surface area (Å²) in [6.07, 6.45) is 3.05. The lowest BCUT2D eigenvalue weighted by molar-refractivity contribution is -0.128. The Balaban J connectivity index is 1.67. The molecule has 0 bridgehead atoms. The van der Waals surface area contributed by atoms with E-state index >= 15 is 0 Å². The van der Waals surface area contributed by atoms with E-state index in [1.54, 1.807) is 0 Å². The van der Waals surface area contributed by atoms with Gasteiger partial charge in [0.1, 0.15) is 12.2 Å². The number of aromatic nitrogens is 3. The highest BCUT2D eigenvalue weighted by Crippen LogP contribution is 2.26. The zero-order chi connectivity index (χ0) is 13.9. The lowest BCUT2D eigenvalue weighted by Gasteiger charge is -2.16. The average molecular weight is 270 g/mol. The number of benzene rings is 1. The molecule has 1 atom stereocenters. The van der Waals surface area contributed by atoms with Crippen LogP contribution < -0.4 is 0 Å². The third-order valence-electron chi connectivity index (χ3n) is 3.84. The second-order valence-corrected chi connectivity index (χ2v) is 5.22. The molecular formula is C15H18N4O. The van der Waals surface area contributed by atoms with Crippen molar-refractivity contribution in [1.29, 1.82) is 0 Å². The minimum Gasteiger partial charge on any atom is -0.338 e. The van der Waals surface area contributed by atoms with E-state index in [9.17, 15) is 4.79 Å². The molecule has 1 fully saturated rings. The molecule has 1 aliphatic heterocycles. The van der Waals surface area contributed by atoms with Gasteiger partial charge in [0.25, 0.3) is 0 Å². The van der Waals surface area contributed by atoms with Crippen molar-refractivity contribution in [2.75, 3.05) is 6.54 Å². The Morgan fingerprint density at radius 2 is 2.05 bits per heavy atom. The van der Waals surface area contributed by atoms with Crippen molar-refractivity contribution in [3.63, 3.8) is 0 Å². The van der Waals surface area contributed by atoms with Crippen molar-refractivity contribution in [1.82, 2.24) is 20.1 Å². The number of carbonyl (C=O) groups excluding carboxylic acids is 1. The fraction of sp³-hybridized carbons (Fsp3) is 0.400. The monoisotopic (exact) mass is 270 g/mol. The molecule has 1 amide bonds. The molecule has 0 unspecified atom stereocenters. The summed E-state index contributed by atoms with van der Waals surface area (Å²) in [6, 6.07) is 8.47. The second kappa shape index (κ2) is 5.45. The molecule has 0 saturated carbocycles. The molecule has 1 aliphatic rings. The van der Waals surface area contributed by atoms with E-state index in [-0.39, 0.29) is 11.8 Å². The van der Waals surface area contributed by atoms with Crippen LogP contribution in [0, 0.1) is 0 Å². The van der Waals surface area contributed by atoms with Gasteiger partial charge in [0.2, 0.25) is 5.91 Å². The number of nitrogens with zero attached hydrogens (tertiary/aromatic N) is 3. The van der Waals surface area contributed by atoms with Crippen molar-refractivity contribution in [2.45, 2.75) is 32.2 Å². The van der Waals surface area contributed by atoms with Gasteiger partial charge in [0, 0.05) is 25.4 Å². The molecule has 1 aromatic carbocycles. The van der Waals surface area contributed by atoms with E-state index in [1.807, 2.05) is 4.90 Å². The van der Waals surface area contributed by atoms with Gasteiger partial charge in [0.05, 0.1) is 0 Å². The summed E-state index contributed by atoms with van der Waals surface area (Å²) in [7, 11) is 0. The highest BCUT2D eigenvalue weighted by molar-refractivity contribution is 5.79. The molecule has 3 rings (SSSR count). The van der Waals surface area contributed by atoms with Gasteiger partial charge in [0.15, 0.2) is 0 Å². The average Bonchev–Trinajstić information content (AvgIpc) is 3.10. The first-order chi connectivity index (χ1) is 9.76. The van der Waals surface area contributed by atoms with Gasteiger partial charge in [-0.05, 0) is 17.5 Å². The Labute approximate surface area is 118 Å². The molecule has 0 aliphatic carbocycles. The van der Waals surface area contributed by atoms with Gasteiger partial charge in [-0.3, -0.25) is 9.89 Å². The number of aromatic amines is 1. The van der Waals surface area contributed by atoms with E-state index < -0.39 is 0 Å². The van der Waals surface area contributed by atoms with E-state index in [0.717, 1.165) is 12.2 Å². The first-order valence-electron chi connectivity index (χ1n) is 6.97. The predicted octanol–water partition coefficient (Wildman–Crippen LogP) is 1.88. The van der Waals surface area contributed by atoms with Crippen LogP contribution in [-0.4, -0.2) is 32.5 Å². The molecule has 1 N–H and O–H groups in total. The highest BCUT2D eigenvalue weighted by atomic mass is 16.2. The Morgan fingerprint density at radius 1 is 1.30 bits per heavy atom. The van der Waals surface area contributed by atoms with Crippen molar-refractivity contribution >= 4 is 5.91 Å². The molecule has 1 aromatic heterocycles. The van der Waals surface area contributed by atoms with Crippen molar-refractivity contribution in [3.8, 4) is 0 Å². The number of likely N-dealkylation sites (tertiary alicyclic amines) is 1. The fourth-order valence-electron chi connectivity index (χ4n) is 2.62. The highest BCUT2D eigenvalue weighted by Gasteiger charge is 2.32. The smallest absolute Gasteiger partial charge is 0.223 e. The third-order valence-corrected chi connectivity index (χ3v) is 3.84. The number of H-pyrrole nitrogens is 1. The van der Waals surface area contributed by atoms with E-state index in [4.69, 9.17) is 0 Å². The minimum absolute atomic E-state index is 0.139. The molecular weight excluding hydrogens is 252 g/mol. The van der Waals surface area contributed by atoms with Crippen LogP contribution in [0.25, 0.3) is 0 Å². The van der Waals surface area contributed by atoms with Crippen LogP contribution in [0.4, 0.5) is 0 Å². The second-order valence-electron chi connectivity index (χ2n) is 5.22. The quantitative estimate of drug-likeness (QED) is 0.922. The Morgan fingerprint density at radius 3 is 2.70 bits per heavy atom. The van der Waals surface area contributed by atoms with Crippen molar-refractivity contribution in [2.24, 2.45) is 0 Å². The Hall–Kier alpha value is -2.17. The summed E-state index contributed by atoms with van der Waals surface area (Å²) >= 11 is 0. The van der Waals surface area contributed by atoms with Crippen LogP contribution in [0.2, 0.25) is 0 Å². The van der Waals surface area contributed by atoms with Crippen LogP contribution in [-0.2, 0) is 17.8 Å². The third kappa shape index (κ3) is 2.57. The number of amides is 1. The maximum absolute atomic E-state index is 12.1. The number of hydrogen-bond donors (Lipinski definition) is 1. The molecule has 0 radical (unpaired) electrons. The van der Waals surface area contributed by atoms with Gasteiger partial charge in [-0.1, -0.05) is 31.2 Å². The standard InChI is InChI=1S/C15H18N4O/c1-2-11-3-5-12(6-4-11)8-19-9-13(7-14(19)20)15-16-10-17-18-15/h3-6,10,13H,2,7-9H2,1H3,(H,16,17,18)/t13-/m0/s1. The molecule has 20 heavy (non-hydrogen) atoms. The van der Waals surface area contributed by atoms with Crippen LogP contribution in [0.1, 0.15) is 36.2 Å². The largest absolute Gasteiger partial charge is 0.338 e. The molecule has 0 spiro atoms. The van der Waals surface area contributed by atoms with E-state index in [0.29, 0.717) is 19.5 Å². The molecule has 2 heterocycles. The van der Waals surface area contributed by atoms with Crippen molar-refractivity contribution in [3.05, 3.63) is 47.5 Å². The zero-order valence-corrected chi connectivity index (χ0v) is 11.5. The number of rotatable bonds is 4. The lowest BCUT2D eigenvalue weighted by Crippen LogP contribution is -2.24. The summed E-state index contributed by atoms with van der Waals surface area (Å²) in [5, 5.41) is 6.71. The van der Waals surface area contributed by atoms with Gasteiger partial charge in [-0.2, -0.15) is 5.10 Å². The molecule has 5 nitrogen and oxygen atoms in total. The van der Waals surface area contributed by atoms with Crippen LogP contribution in [0.15, 0.2) is 30.6 Å². The van der Waals surface area contributed by atoms with Gasteiger partial charge < -0.3 is 4.90 Å².